The van der Waals surface area contributed by atoms with Crippen LogP contribution in [0.3, 0.4) is 0 Å². The van der Waals surface area contributed by atoms with Gasteiger partial charge in [-0.2, -0.15) is 0 Å². The summed E-state index contributed by atoms with van der Waals surface area (Å²) in [4.78, 5) is 0. The second-order valence-electron chi connectivity index (χ2n) is 3.71. The number of sulfone groups is 1. The summed E-state index contributed by atoms with van der Waals surface area (Å²) in [5, 5.41) is 2.89. The topological polar surface area (TPSA) is 46.2 Å². The molecule has 0 unspecified atom stereocenters. The molecule has 17 heavy (non-hydrogen) atoms. The first-order valence-electron chi connectivity index (χ1n) is 5.34. The van der Waals surface area contributed by atoms with Crippen molar-refractivity contribution in [3.63, 3.8) is 0 Å². The molecular formula is C11H15BrFNO2S. The zero-order valence-electron chi connectivity index (χ0n) is 9.54. The van der Waals surface area contributed by atoms with Crippen molar-refractivity contribution >= 4 is 31.5 Å². The monoisotopic (exact) mass is 323 g/mol. The van der Waals surface area contributed by atoms with Crippen LogP contribution in [0.25, 0.3) is 0 Å². The normalized spacial score (nSPS) is 11.5. The molecule has 0 atom stereocenters. The predicted molar refractivity (Wildman–Crippen MR) is 71.5 cm³/mol. The number of hydrogen-bond donors (Lipinski definition) is 1. The highest BCUT2D eigenvalue weighted by Crippen LogP contribution is 2.19. The highest BCUT2D eigenvalue weighted by Gasteiger charge is 2.08. The Balaban J connectivity index is 2.49. The molecule has 1 N–H and O–H groups in total. The molecule has 0 saturated carbocycles. The van der Waals surface area contributed by atoms with E-state index in [-0.39, 0.29) is 17.3 Å². The molecule has 0 aliphatic heterocycles. The van der Waals surface area contributed by atoms with Crippen LogP contribution in [0, 0.1) is 5.82 Å². The fourth-order valence-corrected chi connectivity index (χ4v) is 2.86. The molecule has 0 heterocycles. The molecule has 0 spiro atoms. The first-order valence-corrected chi connectivity index (χ1v) is 7.95. The lowest BCUT2D eigenvalue weighted by atomic mass is 10.3. The summed E-state index contributed by atoms with van der Waals surface area (Å²) in [6.45, 7) is 2.12. The third kappa shape index (κ3) is 5.04. The Hall–Kier alpha value is -0.620. The molecule has 1 rings (SSSR count). The van der Waals surface area contributed by atoms with Gasteiger partial charge < -0.3 is 5.32 Å². The lowest BCUT2D eigenvalue weighted by Crippen LogP contribution is -2.18. The van der Waals surface area contributed by atoms with Crippen molar-refractivity contribution in [1.82, 2.24) is 0 Å². The number of halogens is 2. The van der Waals surface area contributed by atoms with E-state index in [9.17, 15) is 12.8 Å². The van der Waals surface area contributed by atoms with Crippen LogP contribution in [0.1, 0.15) is 13.3 Å². The van der Waals surface area contributed by atoms with Gasteiger partial charge in [0.15, 0.2) is 9.84 Å². The van der Waals surface area contributed by atoms with Crippen molar-refractivity contribution < 1.29 is 12.8 Å². The Labute approximate surface area is 109 Å². The summed E-state index contributed by atoms with van der Waals surface area (Å²) in [5.74, 6) is -0.103. The first kappa shape index (κ1) is 14.4. The van der Waals surface area contributed by atoms with Gasteiger partial charge in [-0.3, -0.25) is 0 Å². The molecule has 0 aliphatic rings. The summed E-state index contributed by atoms with van der Waals surface area (Å²) < 4.78 is 36.4. The van der Waals surface area contributed by atoms with Gasteiger partial charge in [0.05, 0.1) is 10.2 Å². The molecule has 0 aliphatic carbocycles. The van der Waals surface area contributed by atoms with Crippen molar-refractivity contribution in [3.8, 4) is 0 Å². The summed E-state index contributed by atoms with van der Waals surface area (Å²) in [7, 11) is -2.99. The molecule has 6 heteroatoms. The minimum atomic E-state index is -2.99. The average molecular weight is 324 g/mol. The second-order valence-corrected chi connectivity index (χ2v) is 6.87. The molecule has 0 amide bonds. The minimum Gasteiger partial charge on any atom is -0.384 e. The third-order valence-corrected chi connectivity index (χ3v) is 4.68. The highest BCUT2D eigenvalue weighted by molar-refractivity contribution is 9.10. The van der Waals surface area contributed by atoms with Crippen LogP contribution >= 0.6 is 15.9 Å². The summed E-state index contributed by atoms with van der Waals surface area (Å²) in [5.41, 5.74) is 0.581. The minimum absolute atomic E-state index is 0.0680. The number of rotatable bonds is 6. The number of anilines is 1. The van der Waals surface area contributed by atoms with Gasteiger partial charge in [-0.25, -0.2) is 12.8 Å². The van der Waals surface area contributed by atoms with Crippen LogP contribution in [0.5, 0.6) is 0 Å². The maximum absolute atomic E-state index is 13.2. The molecule has 0 radical (unpaired) electrons. The maximum atomic E-state index is 13.2. The fourth-order valence-electron chi connectivity index (χ4n) is 1.37. The number of benzene rings is 1. The molecule has 3 nitrogen and oxygen atoms in total. The van der Waals surface area contributed by atoms with Crippen LogP contribution in [0.15, 0.2) is 22.7 Å². The van der Waals surface area contributed by atoms with Crippen molar-refractivity contribution in [1.29, 1.82) is 0 Å². The Morgan fingerprint density at radius 2 is 2.06 bits per heavy atom. The van der Waals surface area contributed by atoms with Crippen molar-refractivity contribution in [2.24, 2.45) is 0 Å². The van der Waals surface area contributed by atoms with Crippen LogP contribution in [0.2, 0.25) is 0 Å². The van der Waals surface area contributed by atoms with Crippen molar-refractivity contribution in [3.05, 3.63) is 28.5 Å². The highest BCUT2D eigenvalue weighted by atomic mass is 79.9. The van der Waals surface area contributed by atoms with E-state index in [2.05, 4.69) is 21.2 Å². The van der Waals surface area contributed by atoms with E-state index < -0.39 is 9.84 Å². The van der Waals surface area contributed by atoms with Gasteiger partial charge in [0.2, 0.25) is 0 Å². The van der Waals surface area contributed by atoms with E-state index >= 15 is 0 Å². The van der Waals surface area contributed by atoms with E-state index in [1.54, 1.807) is 12.1 Å². The Morgan fingerprint density at radius 1 is 1.35 bits per heavy atom. The van der Waals surface area contributed by atoms with E-state index in [4.69, 9.17) is 0 Å². The number of hydrogen-bond acceptors (Lipinski definition) is 3. The Kier molecular flexibility index (Phi) is 5.39. The van der Waals surface area contributed by atoms with Crippen LogP contribution in [0.4, 0.5) is 10.1 Å². The zero-order valence-corrected chi connectivity index (χ0v) is 11.9. The van der Waals surface area contributed by atoms with E-state index in [0.29, 0.717) is 23.1 Å². The van der Waals surface area contributed by atoms with Gasteiger partial charge in [-0.05, 0) is 40.5 Å². The lowest BCUT2D eigenvalue weighted by Gasteiger charge is -2.07. The molecule has 0 fully saturated rings. The van der Waals surface area contributed by atoms with E-state index in [1.807, 2.05) is 6.92 Å². The Morgan fingerprint density at radius 3 is 2.65 bits per heavy atom. The largest absolute Gasteiger partial charge is 0.384 e. The van der Waals surface area contributed by atoms with E-state index in [0.717, 1.165) is 0 Å². The standard InChI is InChI=1S/C11H15BrFNO2S/c1-2-6-17(15,16)7-5-14-9-3-4-10(12)11(13)8-9/h3-4,8,14H,2,5-7H2,1H3. The van der Waals surface area contributed by atoms with Crippen LogP contribution in [-0.4, -0.2) is 26.5 Å². The van der Waals surface area contributed by atoms with Crippen molar-refractivity contribution in [2.45, 2.75) is 13.3 Å². The SMILES string of the molecule is CCCS(=O)(=O)CCNc1ccc(Br)c(F)c1. The average Bonchev–Trinajstić information content (AvgIpc) is 2.23. The molecule has 0 bridgehead atoms. The second kappa shape index (κ2) is 6.35. The van der Waals surface area contributed by atoms with Gasteiger partial charge in [0.1, 0.15) is 5.82 Å². The smallest absolute Gasteiger partial charge is 0.152 e. The molecule has 0 aromatic heterocycles. The summed E-state index contributed by atoms with van der Waals surface area (Å²) in [6.07, 6.45) is 0.620. The zero-order chi connectivity index (χ0) is 12.9. The molecule has 1 aromatic rings. The molecule has 1 aromatic carbocycles. The van der Waals surface area contributed by atoms with Gasteiger partial charge in [0, 0.05) is 18.0 Å². The quantitative estimate of drug-likeness (QED) is 0.875. The van der Waals surface area contributed by atoms with E-state index in [1.165, 1.54) is 6.07 Å². The molecule has 0 saturated heterocycles. The van der Waals surface area contributed by atoms with Gasteiger partial charge in [0.25, 0.3) is 0 Å². The first-order chi connectivity index (χ1) is 7.94. The third-order valence-electron chi connectivity index (χ3n) is 2.18. The van der Waals surface area contributed by atoms with Gasteiger partial charge >= 0.3 is 0 Å². The summed E-state index contributed by atoms with van der Waals surface area (Å²) in [6, 6.07) is 4.61. The van der Waals surface area contributed by atoms with Gasteiger partial charge in [-0.1, -0.05) is 6.92 Å². The predicted octanol–water partition coefficient (Wildman–Crippen LogP) is 2.82. The molecule has 96 valence electrons. The van der Waals surface area contributed by atoms with Crippen molar-refractivity contribution in [2.75, 3.05) is 23.4 Å². The van der Waals surface area contributed by atoms with Crippen LogP contribution < -0.4 is 5.32 Å². The molecular weight excluding hydrogens is 309 g/mol. The van der Waals surface area contributed by atoms with Gasteiger partial charge in [-0.15, -0.1) is 0 Å². The van der Waals surface area contributed by atoms with Crippen LogP contribution in [-0.2, 0) is 9.84 Å². The Bertz CT molecular complexity index is 476. The summed E-state index contributed by atoms with van der Waals surface area (Å²) >= 11 is 3.05. The number of nitrogens with one attached hydrogen (secondary N) is 1. The maximum Gasteiger partial charge on any atom is 0.152 e. The lowest BCUT2D eigenvalue weighted by molar-refractivity contribution is 0.595. The fraction of sp³-hybridized carbons (Fsp3) is 0.455.